The summed E-state index contributed by atoms with van der Waals surface area (Å²) in [6.45, 7) is 9.50. The third-order valence-electron chi connectivity index (χ3n) is 5.27. The maximum atomic E-state index is 3.89. The Labute approximate surface area is 113 Å². The molecule has 4 atom stereocenters. The van der Waals surface area contributed by atoms with Crippen molar-refractivity contribution in [1.82, 2.24) is 10.6 Å². The van der Waals surface area contributed by atoms with E-state index in [2.05, 4.69) is 31.4 Å². The summed E-state index contributed by atoms with van der Waals surface area (Å²) < 4.78 is 0. The van der Waals surface area contributed by atoms with E-state index in [4.69, 9.17) is 0 Å². The lowest BCUT2D eigenvalue weighted by molar-refractivity contribution is 0.204. The summed E-state index contributed by atoms with van der Waals surface area (Å²) in [7, 11) is 0. The first-order valence-electron chi connectivity index (χ1n) is 8.15. The summed E-state index contributed by atoms with van der Waals surface area (Å²) >= 11 is 0. The van der Waals surface area contributed by atoms with Crippen molar-refractivity contribution in [1.29, 1.82) is 0 Å². The minimum Gasteiger partial charge on any atom is -0.314 e. The minimum absolute atomic E-state index is 0.774. The molecule has 2 N–H and O–H groups in total. The molecule has 0 bridgehead atoms. The van der Waals surface area contributed by atoms with Gasteiger partial charge in [0.25, 0.3) is 0 Å². The fourth-order valence-corrected chi connectivity index (χ4v) is 3.54. The number of nitrogens with one attached hydrogen (secondary N) is 2. The van der Waals surface area contributed by atoms with Crippen molar-refractivity contribution in [3.05, 3.63) is 0 Å². The van der Waals surface area contributed by atoms with Crippen molar-refractivity contribution in [3.63, 3.8) is 0 Å². The lowest BCUT2D eigenvalue weighted by Crippen LogP contribution is -2.48. The Kier molecular flexibility index (Phi) is 5.50. The van der Waals surface area contributed by atoms with E-state index in [1.807, 2.05) is 0 Å². The first kappa shape index (κ1) is 14.3. The van der Waals surface area contributed by atoms with Gasteiger partial charge in [0, 0.05) is 12.1 Å². The standard InChI is InChI=1S/C16H32N2/c1-12(2)13(3)11-18-16-8-5-4-7-14(16)15-9-6-10-17-15/h12-18H,4-11H2,1-3H3. The van der Waals surface area contributed by atoms with Gasteiger partial charge in [-0.1, -0.05) is 33.6 Å². The highest BCUT2D eigenvalue weighted by Gasteiger charge is 2.33. The second-order valence-electron chi connectivity index (χ2n) is 6.89. The van der Waals surface area contributed by atoms with Crippen LogP contribution >= 0.6 is 0 Å². The third-order valence-corrected chi connectivity index (χ3v) is 5.27. The van der Waals surface area contributed by atoms with Gasteiger partial charge in [0.15, 0.2) is 0 Å². The molecular weight excluding hydrogens is 220 g/mol. The number of hydrogen-bond donors (Lipinski definition) is 2. The molecule has 4 unspecified atom stereocenters. The van der Waals surface area contributed by atoms with Crippen molar-refractivity contribution >= 4 is 0 Å². The molecule has 2 rings (SSSR count). The van der Waals surface area contributed by atoms with Crippen LogP contribution in [0.3, 0.4) is 0 Å². The molecule has 18 heavy (non-hydrogen) atoms. The molecule has 1 heterocycles. The predicted octanol–water partition coefficient (Wildman–Crippen LogP) is 3.18. The minimum atomic E-state index is 0.774. The maximum absolute atomic E-state index is 3.89. The molecule has 0 radical (unpaired) electrons. The van der Waals surface area contributed by atoms with Crippen LogP contribution < -0.4 is 10.6 Å². The smallest absolute Gasteiger partial charge is 0.0111 e. The van der Waals surface area contributed by atoms with Crippen LogP contribution in [0.25, 0.3) is 0 Å². The molecule has 1 aliphatic heterocycles. The van der Waals surface area contributed by atoms with Gasteiger partial charge in [-0.3, -0.25) is 0 Å². The monoisotopic (exact) mass is 252 g/mol. The number of hydrogen-bond acceptors (Lipinski definition) is 2. The van der Waals surface area contributed by atoms with Crippen molar-refractivity contribution in [2.45, 2.75) is 71.4 Å². The summed E-state index contributed by atoms with van der Waals surface area (Å²) in [5, 5.41) is 7.62. The quantitative estimate of drug-likeness (QED) is 0.785. The van der Waals surface area contributed by atoms with Gasteiger partial charge in [-0.2, -0.15) is 0 Å². The normalized spacial score (nSPS) is 35.0. The Hall–Kier alpha value is -0.0800. The molecule has 1 saturated carbocycles. The molecule has 0 aromatic heterocycles. The van der Waals surface area contributed by atoms with Crippen molar-refractivity contribution in [3.8, 4) is 0 Å². The van der Waals surface area contributed by atoms with Crippen molar-refractivity contribution < 1.29 is 0 Å². The van der Waals surface area contributed by atoms with Gasteiger partial charge in [0.2, 0.25) is 0 Å². The summed E-state index contributed by atoms with van der Waals surface area (Å²) in [4.78, 5) is 0. The first-order chi connectivity index (χ1) is 8.68. The molecular formula is C16H32N2. The molecule has 0 aromatic rings. The zero-order valence-electron chi connectivity index (χ0n) is 12.5. The van der Waals surface area contributed by atoms with Crippen LogP contribution in [0.4, 0.5) is 0 Å². The molecule has 2 heteroatoms. The molecule has 0 amide bonds. The van der Waals surface area contributed by atoms with E-state index in [0.29, 0.717) is 0 Å². The van der Waals surface area contributed by atoms with E-state index >= 15 is 0 Å². The van der Waals surface area contributed by atoms with Gasteiger partial charge in [-0.25, -0.2) is 0 Å². The van der Waals surface area contributed by atoms with Crippen LogP contribution in [-0.2, 0) is 0 Å². The maximum Gasteiger partial charge on any atom is 0.0111 e. The molecule has 1 saturated heterocycles. The second kappa shape index (κ2) is 6.91. The van der Waals surface area contributed by atoms with Gasteiger partial charge in [-0.15, -0.1) is 0 Å². The molecule has 2 fully saturated rings. The Balaban J connectivity index is 1.83. The molecule has 2 nitrogen and oxygen atoms in total. The van der Waals surface area contributed by atoms with Crippen molar-refractivity contribution in [2.24, 2.45) is 17.8 Å². The third kappa shape index (κ3) is 3.71. The Morgan fingerprint density at radius 1 is 1.06 bits per heavy atom. The van der Waals surface area contributed by atoms with Crippen LogP contribution in [0.1, 0.15) is 59.3 Å². The lowest BCUT2D eigenvalue weighted by atomic mass is 9.79. The molecule has 1 aliphatic carbocycles. The Morgan fingerprint density at radius 2 is 1.83 bits per heavy atom. The Bertz CT molecular complexity index is 233. The summed E-state index contributed by atoms with van der Waals surface area (Å²) in [5.41, 5.74) is 0. The van der Waals surface area contributed by atoms with Gasteiger partial charge in [-0.05, 0) is 56.5 Å². The average molecular weight is 252 g/mol. The topological polar surface area (TPSA) is 24.1 Å². The highest BCUT2D eigenvalue weighted by Crippen LogP contribution is 2.30. The van der Waals surface area contributed by atoms with Crippen molar-refractivity contribution in [2.75, 3.05) is 13.1 Å². The van der Waals surface area contributed by atoms with Crippen LogP contribution in [0.2, 0.25) is 0 Å². The fraction of sp³-hybridized carbons (Fsp3) is 1.00. The van der Waals surface area contributed by atoms with E-state index in [1.54, 1.807) is 0 Å². The van der Waals surface area contributed by atoms with Gasteiger partial charge < -0.3 is 10.6 Å². The van der Waals surface area contributed by atoms with E-state index in [9.17, 15) is 0 Å². The number of rotatable bonds is 5. The zero-order valence-corrected chi connectivity index (χ0v) is 12.5. The predicted molar refractivity (Wildman–Crippen MR) is 78.8 cm³/mol. The highest BCUT2D eigenvalue weighted by atomic mass is 15.0. The van der Waals surface area contributed by atoms with Crippen LogP contribution in [-0.4, -0.2) is 25.2 Å². The molecule has 2 aliphatic rings. The average Bonchev–Trinajstić information content (AvgIpc) is 2.89. The second-order valence-corrected chi connectivity index (χ2v) is 6.89. The van der Waals surface area contributed by atoms with Gasteiger partial charge in [0.05, 0.1) is 0 Å². The fourth-order valence-electron chi connectivity index (χ4n) is 3.54. The summed E-state index contributed by atoms with van der Waals surface area (Å²) in [5.74, 6) is 2.48. The first-order valence-corrected chi connectivity index (χ1v) is 8.15. The van der Waals surface area contributed by atoms with E-state index in [-0.39, 0.29) is 0 Å². The van der Waals surface area contributed by atoms with Gasteiger partial charge in [0.1, 0.15) is 0 Å². The van der Waals surface area contributed by atoms with Crippen LogP contribution in [0.5, 0.6) is 0 Å². The van der Waals surface area contributed by atoms with Crippen LogP contribution in [0, 0.1) is 17.8 Å². The highest BCUT2D eigenvalue weighted by molar-refractivity contribution is 4.91. The molecule has 0 aromatic carbocycles. The Morgan fingerprint density at radius 3 is 2.50 bits per heavy atom. The van der Waals surface area contributed by atoms with Crippen LogP contribution in [0.15, 0.2) is 0 Å². The lowest BCUT2D eigenvalue weighted by Gasteiger charge is -2.37. The van der Waals surface area contributed by atoms with E-state index in [1.165, 1.54) is 51.6 Å². The molecule has 106 valence electrons. The molecule has 0 spiro atoms. The van der Waals surface area contributed by atoms with Gasteiger partial charge >= 0.3 is 0 Å². The zero-order chi connectivity index (χ0) is 13.0. The summed E-state index contributed by atoms with van der Waals surface area (Å²) in [6, 6.07) is 1.58. The van der Waals surface area contributed by atoms with E-state index in [0.717, 1.165) is 29.8 Å². The largest absolute Gasteiger partial charge is 0.314 e. The van der Waals surface area contributed by atoms with E-state index < -0.39 is 0 Å². The SMILES string of the molecule is CC(C)C(C)CNC1CCCCC1C1CCCN1. The summed E-state index contributed by atoms with van der Waals surface area (Å²) in [6.07, 6.45) is 8.50.